The van der Waals surface area contributed by atoms with Crippen molar-refractivity contribution in [2.45, 2.75) is 37.9 Å². The van der Waals surface area contributed by atoms with Crippen molar-refractivity contribution in [3.63, 3.8) is 0 Å². The third-order valence-electron chi connectivity index (χ3n) is 4.10. The Balaban J connectivity index is 3.05. The highest BCUT2D eigenvalue weighted by Gasteiger charge is 2.51. The third kappa shape index (κ3) is 3.08. The van der Waals surface area contributed by atoms with Crippen molar-refractivity contribution in [1.82, 2.24) is 0 Å². The molecule has 1 fully saturated rings. The average Bonchev–Trinajstić information content (AvgIpc) is 2.35. The van der Waals surface area contributed by atoms with E-state index in [1.54, 1.807) is 0 Å². The highest BCUT2D eigenvalue weighted by molar-refractivity contribution is 7.91. The van der Waals surface area contributed by atoms with E-state index in [2.05, 4.69) is 4.74 Å². The quantitative estimate of drug-likeness (QED) is 0.609. The van der Waals surface area contributed by atoms with E-state index in [-0.39, 0.29) is 6.42 Å². The van der Waals surface area contributed by atoms with Gasteiger partial charge in [-0.1, -0.05) is 6.42 Å². The molecule has 1 saturated carbocycles. The van der Waals surface area contributed by atoms with Crippen molar-refractivity contribution < 1.29 is 27.9 Å². The molecule has 110 valence electrons. The molecule has 0 heterocycles. The Hall–Kier alpha value is -1.11. The van der Waals surface area contributed by atoms with E-state index in [0.717, 1.165) is 13.4 Å². The molecule has 0 radical (unpaired) electrons. The predicted molar refractivity (Wildman–Crippen MR) is 68.3 cm³/mol. The van der Waals surface area contributed by atoms with Gasteiger partial charge in [-0.25, -0.2) is 8.42 Å². The number of carboxylic acids is 1. The van der Waals surface area contributed by atoms with Gasteiger partial charge in [0.15, 0.2) is 5.41 Å². The molecule has 3 unspecified atom stereocenters. The third-order valence-corrected chi connectivity index (χ3v) is 5.74. The fourth-order valence-corrected chi connectivity index (χ4v) is 3.88. The standard InChI is InChI=1S/C12H20O6S/c1-12(10(13)14,11(15)18-2)8-5-4-6-9(7-8)19(3,16)17/h8-9H,4-7H2,1-3H3,(H,13,14). The van der Waals surface area contributed by atoms with Crippen LogP contribution >= 0.6 is 0 Å². The number of rotatable bonds is 4. The van der Waals surface area contributed by atoms with Crippen LogP contribution < -0.4 is 0 Å². The summed E-state index contributed by atoms with van der Waals surface area (Å²) >= 11 is 0. The second-order valence-electron chi connectivity index (χ2n) is 5.31. The summed E-state index contributed by atoms with van der Waals surface area (Å²) in [5.41, 5.74) is -1.68. The smallest absolute Gasteiger partial charge is 0.323 e. The number of carbonyl (C=O) groups excluding carboxylic acids is 1. The molecule has 0 aromatic heterocycles. The zero-order valence-electron chi connectivity index (χ0n) is 11.4. The number of hydrogen-bond acceptors (Lipinski definition) is 5. The molecule has 0 aliphatic heterocycles. The van der Waals surface area contributed by atoms with E-state index < -0.39 is 38.4 Å². The van der Waals surface area contributed by atoms with E-state index >= 15 is 0 Å². The van der Waals surface area contributed by atoms with Crippen molar-refractivity contribution in [2.24, 2.45) is 11.3 Å². The second kappa shape index (κ2) is 5.48. The van der Waals surface area contributed by atoms with Crippen LogP contribution in [0.5, 0.6) is 0 Å². The Labute approximate surface area is 113 Å². The first kappa shape index (κ1) is 15.9. The average molecular weight is 292 g/mol. The van der Waals surface area contributed by atoms with E-state index in [4.69, 9.17) is 0 Å². The zero-order valence-corrected chi connectivity index (χ0v) is 12.2. The maximum absolute atomic E-state index is 11.8. The number of carbonyl (C=O) groups is 2. The van der Waals surface area contributed by atoms with Gasteiger partial charge in [0.05, 0.1) is 12.4 Å². The van der Waals surface area contributed by atoms with E-state index in [1.165, 1.54) is 6.92 Å². The van der Waals surface area contributed by atoms with Gasteiger partial charge < -0.3 is 9.84 Å². The first-order valence-electron chi connectivity index (χ1n) is 6.14. The molecular formula is C12H20O6S. The number of sulfone groups is 1. The van der Waals surface area contributed by atoms with Crippen LogP contribution in [0.3, 0.4) is 0 Å². The topological polar surface area (TPSA) is 97.7 Å². The molecule has 0 saturated heterocycles. The molecule has 3 atom stereocenters. The molecule has 1 N–H and O–H groups in total. The summed E-state index contributed by atoms with van der Waals surface area (Å²) in [6.07, 6.45) is 2.98. The Bertz CT molecular complexity index is 469. The van der Waals surface area contributed by atoms with Crippen LogP contribution in [0.1, 0.15) is 32.6 Å². The summed E-state index contributed by atoms with van der Waals surface area (Å²) in [7, 11) is -2.08. The Morgan fingerprint density at radius 3 is 2.32 bits per heavy atom. The minimum absolute atomic E-state index is 0.191. The molecule has 1 aliphatic carbocycles. The Morgan fingerprint density at radius 1 is 1.32 bits per heavy atom. The summed E-state index contributed by atoms with van der Waals surface area (Å²) in [6, 6.07) is 0. The number of ether oxygens (including phenoxy) is 1. The van der Waals surface area contributed by atoms with Gasteiger partial charge >= 0.3 is 11.9 Å². The fourth-order valence-electron chi connectivity index (χ4n) is 2.70. The lowest BCUT2D eigenvalue weighted by Crippen LogP contribution is -2.47. The van der Waals surface area contributed by atoms with Crippen molar-refractivity contribution >= 4 is 21.8 Å². The van der Waals surface area contributed by atoms with Gasteiger partial charge in [-0.2, -0.15) is 0 Å². The summed E-state index contributed by atoms with van der Waals surface area (Å²) in [5.74, 6) is -2.61. The highest BCUT2D eigenvalue weighted by Crippen LogP contribution is 2.41. The SMILES string of the molecule is COC(=O)C(C)(C(=O)O)C1CCCC(S(C)(=O)=O)C1. The summed E-state index contributed by atoms with van der Waals surface area (Å²) < 4.78 is 27.8. The van der Waals surface area contributed by atoms with Gasteiger partial charge in [-0.05, 0) is 32.1 Å². The second-order valence-corrected chi connectivity index (χ2v) is 7.64. The molecule has 7 heteroatoms. The predicted octanol–water partition coefficient (Wildman–Crippen LogP) is 0.854. The Morgan fingerprint density at radius 2 is 1.89 bits per heavy atom. The summed E-state index contributed by atoms with van der Waals surface area (Å²) in [4.78, 5) is 23.2. The van der Waals surface area contributed by atoms with Crippen molar-refractivity contribution in [2.75, 3.05) is 13.4 Å². The molecule has 0 aromatic rings. The highest BCUT2D eigenvalue weighted by atomic mass is 32.2. The van der Waals surface area contributed by atoms with Crippen LogP contribution in [-0.4, -0.2) is 44.1 Å². The van der Waals surface area contributed by atoms with Gasteiger partial charge in [-0.3, -0.25) is 9.59 Å². The van der Waals surface area contributed by atoms with Crippen LogP contribution in [0.2, 0.25) is 0 Å². The monoisotopic (exact) mass is 292 g/mol. The van der Waals surface area contributed by atoms with Crippen LogP contribution in [-0.2, 0) is 24.2 Å². The maximum Gasteiger partial charge on any atom is 0.323 e. The molecule has 0 spiro atoms. The van der Waals surface area contributed by atoms with Crippen molar-refractivity contribution in [3.8, 4) is 0 Å². The Kier molecular flexibility index (Phi) is 4.60. The molecule has 0 bridgehead atoms. The lowest BCUT2D eigenvalue weighted by atomic mass is 9.69. The van der Waals surface area contributed by atoms with E-state index in [1.807, 2.05) is 0 Å². The molecular weight excluding hydrogens is 272 g/mol. The van der Waals surface area contributed by atoms with Crippen LogP contribution in [0, 0.1) is 11.3 Å². The number of aliphatic carboxylic acids is 1. The van der Waals surface area contributed by atoms with E-state index in [0.29, 0.717) is 19.3 Å². The first-order chi connectivity index (χ1) is 8.64. The molecule has 0 aromatic carbocycles. The molecule has 1 aliphatic rings. The van der Waals surface area contributed by atoms with Crippen LogP contribution in [0.4, 0.5) is 0 Å². The summed E-state index contributed by atoms with van der Waals surface area (Å²) in [6.45, 7) is 1.32. The number of hydrogen-bond donors (Lipinski definition) is 1. The van der Waals surface area contributed by atoms with E-state index in [9.17, 15) is 23.1 Å². The van der Waals surface area contributed by atoms with Gasteiger partial charge in [-0.15, -0.1) is 0 Å². The number of carboxylic acid groups (broad SMARTS) is 1. The summed E-state index contributed by atoms with van der Waals surface area (Å²) in [5, 5.41) is 8.75. The van der Waals surface area contributed by atoms with Crippen LogP contribution in [0.25, 0.3) is 0 Å². The molecule has 6 nitrogen and oxygen atoms in total. The lowest BCUT2D eigenvalue weighted by Gasteiger charge is -2.36. The van der Waals surface area contributed by atoms with Crippen molar-refractivity contribution in [3.05, 3.63) is 0 Å². The lowest BCUT2D eigenvalue weighted by molar-refractivity contribution is -0.171. The molecule has 1 rings (SSSR count). The van der Waals surface area contributed by atoms with Gasteiger partial charge in [0.1, 0.15) is 9.84 Å². The number of esters is 1. The minimum Gasteiger partial charge on any atom is -0.480 e. The van der Waals surface area contributed by atoms with Crippen molar-refractivity contribution in [1.29, 1.82) is 0 Å². The fraction of sp³-hybridized carbons (Fsp3) is 0.833. The molecule has 19 heavy (non-hydrogen) atoms. The zero-order chi connectivity index (χ0) is 14.8. The number of methoxy groups -OCH3 is 1. The minimum atomic E-state index is -3.22. The first-order valence-corrected chi connectivity index (χ1v) is 8.10. The molecule has 0 amide bonds. The largest absolute Gasteiger partial charge is 0.480 e. The van der Waals surface area contributed by atoms with Gasteiger partial charge in [0.25, 0.3) is 0 Å². The maximum atomic E-state index is 11.8. The van der Waals surface area contributed by atoms with Gasteiger partial charge in [0.2, 0.25) is 0 Å². The van der Waals surface area contributed by atoms with Crippen LogP contribution in [0.15, 0.2) is 0 Å². The normalized spacial score (nSPS) is 27.3. The van der Waals surface area contributed by atoms with Gasteiger partial charge in [0, 0.05) is 6.26 Å².